The molecule has 0 atom stereocenters. The largest absolute Gasteiger partial charge is 0.402 e. The molecule has 5 rings (SSSR count). The minimum Gasteiger partial charge on any atom is -0.402 e. The Balaban J connectivity index is 1.52. The number of carbonyl (C=O) groups is 1. The van der Waals surface area contributed by atoms with E-state index in [0.717, 1.165) is 15.8 Å². The van der Waals surface area contributed by atoms with Gasteiger partial charge in [-0.3, -0.25) is 15.1 Å². The van der Waals surface area contributed by atoms with Crippen LogP contribution in [-0.4, -0.2) is 26.1 Å². The molecule has 1 aromatic carbocycles. The molecule has 5 aromatic rings. The molecule has 140 valence electrons. The van der Waals surface area contributed by atoms with E-state index >= 15 is 0 Å². The topological polar surface area (TPSA) is 93.8 Å². The van der Waals surface area contributed by atoms with Crippen molar-refractivity contribution < 1.29 is 9.21 Å². The van der Waals surface area contributed by atoms with Crippen LogP contribution in [-0.2, 0) is 0 Å². The highest BCUT2D eigenvalue weighted by Crippen LogP contribution is 2.27. The van der Waals surface area contributed by atoms with E-state index in [1.54, 1.807) is 18.5 Å². The number of para-hydroxylation sites is 1. The second kappa shape index (κ2) is 7.25. The summed E-state index contributed by atoms with van der Waals surface area (Å²) in [4.78, 5) is 22.7. The van der Waals surface area contributed by atoms with Gasteiger partial charge in [0.05, 0.1) is 21.7 Å². The lowest BCUT2D eigenvalue weighted by Gasteiger charge is -2.09. The predicted molar refractivity (Wildman–Crippen MR) is 111 cm³/mol. The van der Waals surface area contributed by atoms with Crippen molar-refractivity contribution in [3.05, 3.63) is 77.9 Å². The average molecular weight is 399 g/mol. The number of aromatic nitrogens is 4. The van der Waals surface area contributed by atoms with Gasteiger partial charge in [-0.2, -0.15) is 0 Å². The molecule has 7 nitrogen and oxygen atoms in total. The number of amides is 1. The maximum Gasteiger partial charge on any atom is 0.322 e. The molecule has 4 aromatic heterocycles. The summed E-state index contributed by atoms with van der Waals surface area (Å²) in [6.07, 6.45) is 3.41. The number of benzene rings is 1. The van der Waals surface area contributed by atoms with E-state index < -0.39 is 0 Å². The van der Waals surface area contributed by atoms with Crippen LogP contribution in [0.25, 0.3) is 32.9 Å². The first-order valence-corrected chi connectivity index (χ1v) is 9.65. The number of thiophene rings is 1. The molecule has 8 heteroatoms. The zero-order chi connectivity index (χ0) is 19.6. The summed E-state index contributed by atoms with van der Waals surface area (Å²) < 4.78 is 5.58. The first kappa shape index (κ1) is 17.2. The predicted octanol–water partition coefficient (Wildman–Crippen LogP) is 4.66. The van der Waals surface area contributed by atoms with Crippen molar-refractivity contribution in [2.24, 2.45) is 0 Å². The Bertz CT molecular complexity index is 1300. The molecule has 0 bridgehead atoms. The first-order valence-electron chi connectivity index (χ1n) is 8.77. The quantitative estimate of drug-likeness (QED) is 0.472. The van der Waals surface area contributed by atoms with Crippen molar-refractivity contribution >= 4 is 34.2 Å². The Morgan fingerprint density at radius 2 is 1.97 bits per heavy atom. The lowest BCUT2D eigenvalue weighted by Crippen LogP contribution is -2.13. The van der Waals surface area contributed by atoms with Gasteiger partial charge in [-0.25, -0.2) is 4.98 Å². The van der Waals surface area contributed by atoms with Crippen molar-refractivity contribution in [1.82, 2.24) is 20.2 Å². The molecule has 0 spiro atoms. The van der Waals surface area contributed by atoms with Crippen molar-refractivity contribution in [3.63, 3.8) is 0 Å². The van der Waals surface area contributed by atoms with Gasteiger partial charge in [0.2, 0.25) is 0 Å². The Morgan fingerprint density at radius 1 is 1.03 bits per heavy atom. The van der Waals surface area contributed by atoms with Crippen LogP contribution in [0.15, 0.2) is 76.8 Å². The number of carbonyl (C=O) groups excluding carboxylic acids is 1. The fourth-order valence-electron chi connectivity index (χ4n) is 2.96. The summed E-state index contributed by atoms with van der Waals surface area (Å²) in [7, 11) is 0. The van der Waals surface area contributed by atoms with Gasteiger partial charge in [-0.1, -0.05) is 29.4 Å². The number of rotatable bonds is 4. The number of anilines is 1. The van der Waals surface area contributed by atoms with E-state index in [1.165, 1.54) is 11.3 Å². The van der Waals surface area contributed by atoms with Gasteiger partial charge in [-0.15, -0.1) is 16.4 Å². The third kappa shape index (κ3) is 3.37. The lowest BCUT2D eigenvalue weighted by molar-refractivity contribution is 0.102. The van der Waals surface area contributed by atoms with Crippen LogP contribution in [0.3, 0.4) is 0 Å². The van der Waals surface area contributed by atoms with E-state index in [4.69, 9.17) is 4.42 Å². The normalized spacial score (nSPS) is 10.9. The summed E-state index contributed by atoms with van der Waals surface area (Å²) in [5, 5.41) is 13.3. The fourth-order valence-corrected chi connectivity index (χ4v) is 3.61. The molecule has 0 saturated heterocycles. The summed E-state index contributed by atoms with van der Waals surface area (Å²) in [5.41, 5.74) is 2.66. The highest BCUT2D eigenvalue weighted by atomic mass is 32.1. The van der Waals surface area contributed by atoms with E-state index in [0.29, 0.717) is 22.7 Å². The zero-order valence-electron chi connectivity index (χ0n) is 14.9. The van der Waals surface area contributed by atoms with Crippen LogP contribution in [0, 0.1) is 0 Å². The molecule has 0 radical (unpaired) electrons. The van der Waals surface area contributed by atoms with Gasteiger partial charge in [0, 0.05) is 23.3 Å². The monoisotopic (exact) mass is 399 g/mol. The summed E-state index contributed by atoms with van der Waals surface area (Å²) in [6.45, 7) is 0. The van der Waals surface area contributed by atoms with E-state index in [1.807, 2.05) is 53.9 Å². The minimum atomic E-state index is -0.352. The van der Waals surface area contributed by atoms with Crippen LogP contribution in [0.1, 0.15) is 10.4 Å². The minimum absolute atomic E-state index is 0.0437. The van der Waals surface area contributed by atoms with Gasteiger partial charge in [-0.05, 0) is 35.7 Å². The van der Waals surface area contributed by atoms with Gasteiger partial charge in [0.25, 0.3) is 11.8 Å². The number of nitrogens with one attached hydrogen (secondary N) is 1. The Labute approximate surface area is 169 Å². The number of nitrogens with zero attached hydrogens (tertiary/aromatic N) is 4. The first-order chi connectivity index (χ1) is 14.3. The van der Waals surface area contributed by atoms with Gasteiger partial charge >= 0.3 is 6.01 Å². The van der Waals surface area contributed by atoms with Crippen LogP contribution in [0.4, 0.5) is 6.01 Å². The summed E-state index contributed by atoms with van der Waals surface area (Å²) in [6, 6.07) is 16.8. The van der Waals surface area contributed by atoms with E-state index in [9.17, 15) is 4.79 Å². The third-order valence-corrected chi connectivity index (χ3v) is 5.15. The average Bonchev–Trinajstić information content (AvgIpc) is 3.45. The molecule has 0 aliphatic rings. The fraction of sp³-hybridized carbons (Fsp3) is 0. The van der Waals surface area contributed by atoms with E-state index in [2.05, 4.69) is 25.5 Å². The number of fused-ring (bicyclic) bond motifs is 1. The third-order valence-electron chi connectivity index (χ3n) is 4.30. The maximum atomic E-state index is 13.0. The van der Waals surface area contributed by atoms with Crippen molar-refractivity contribution in [3.8, 4) is 22.0 Å². The second-order valence-electron chi connectivity index (χ2n) is 6.16. The lowest BCUT2D eigenvalue weighted by atomic mass is 10.0. The van der Waals surface area contributed by atoms with Gasteiger partial charge in [0.15, 0.2) is 0 Å². The van der Waals surface area contributed by atoms with Crippen LogP contribution < -0.4 is 5.32 Å². The molecule has 0 aliphatic heterocycles. The zero-order valence-corrected chi connectivity index (χ0v) is 15.8. The molecule has 29 heavy (non-hydrogen) atoms. The molecule has 4 heterocycles. The van der Waals surface area contributed by atoms with Crippen molar-refractivity contribution in [2.75, 3.05) is 5.32 Å². The number of pyridine rings is 2. The Kier molecular flexibility index (Phi) is 4.30. The molecule has 1 N–H and O–H groups in total. The van der Waals surface area contributed by atoms with Gasteiger partial charge < -0.3 is 4.42 Å². The molecule has 0 aliphatic carbocycles. The summed E-state index contributed by atoms with van der Waals surface area (Å²) >= 11 is 1.48. The van der Waals surface area contributed by atoms with Crippen molar-refractivity contribution in [2.45, 2.75) is 0 Å². The maximum absolute atomic E-state index is 13.0. The Hall–Kier alpha value is -3.91. The highest BCUT2D eigenvalue weighted by molar-refractivity contribution is 7.13. The smallest absolute Gasteiger partial charge is 0.322 e. The number of hydrogen-bond donors (Lipinski definition) is 1. The highest BCUT2D eigenvalue weighted by Gasteiger charge is 2.17. The van der Waals surface area contributed by atoms with E-state index in [-0.39, 0.29) is 11.9 Å². The molecule has 0 unspecified atom stereocenters. The SMILES string of the molecule is O=C(Nc1nnc(-c2cccs2)o1)c1cc(-c2cccnc2)nc2ccccc12. The second-order valence-corrected chi connectivity index (χ2v) is 7.11. The van der Waals surface area contributed by atoms with Crippen molar-refractivity contribution in [1.29, 1.82) is 0 Å². The Morgan fingerprint density at radius 3 is 2.79 bits per heavy atom. The van der Waals surface area contributed by atoms with Crippen LogP contribution in [0.2, 0.25) is 0 Å². The molecular weight excluding hydrogens is 386 g/mol. The number of hydrogen-bond acceptors (Lipinski definition) is 7. The molecule has 1 amide bonds. The van der Waals surface area contributed by atoms with Crippen LogP contribution in [0.5, 0.6) is 0 Å². The summed E-state index contributed by atoms with van der Waals surface area (Å²) in [5.74, 6) is 0.0149. The molecule has 0 saturated carbocycles. The van der Waals surface area contributed by atoms with Crippen LogP contribution >= 0.6 is 11.3 Å². The van der Waals surface area contributed by atoms with Gasteiger partial charge in [0.1, 0.15) is 0 Å². The molecule has 0 fully saturated rings. The molecular formula is C21H13N5O2S. The standard InChI is InChI=1S/C21H13N5O2S/c27-19(24-21-26-25-20(28-21)18-8-4-10-29-18)15-11-17(13-5-3-9-22-12-13)23-16-7-2-1-6-14(15)16/h1-12H,(H,24,26,27).